The third-order valence-corrected chi connectivity index (χ3v) is 4.36. The van der Waals surface area contributed by atoms with E-state index in [4.69, 9.17) is 5.26 Å². The van der Waals surface area contributed by atoms with E-state index >= 15 is 0 Å². The lowest BCUT2D eigenvalue weighted by molar-refractivity contribution is 0.0274. The van der Waals surface area contributed by atoms with E-state index < -0.39 is 0 Å². The summed E-state index contributed by atoms with van der Waals surface area (Å²) in [6, 6.07) is 3.08. The molecule has 0 radical (unpaired) electrons. The van der Waals surface area contributed by atoms with Gasteiger partial charge in [0.05, 0.1) is 6.07 Å². The van der Waals surface area contributed by atoms with Crippen LogP contribution in [0, 0.1) is 23.2 Å². The van der Waals surface area contributed by atoms with Gasteiger partial charge in [0.2, 0.25) is 0 Å². The van der Waals surface area contributed by atoms with E-state index in [1.807, 2.05) is 0 Å². The fourth-order valence-electron chi connectivity index (χ4n) is 3.48. The maximum atomic E-state index is 8.67. The Balaban J connectivity index is 1.98. The molecule has 1 saturated carbocycles. The van der Waals surface area contributed by atoms with Crippen molar-refractivity contribution in [3.05, 3.63) is 0 Å². The summed E-state index contributed by atoms with van der Waals surface area (Å²) in [6.07, 6.45) is 7.67. The van der Waals surface area contributed by atoms with E-state index in [-0.39, 0.29) is 0 Å². The average molecular weight is 206 g/mol. The Morgan fingerprint density at radius 3 is 2.87 bits per heavy atom. The van der Waals surface area contributed by atoms with Crippen molar-refractivity contribution in [3.8, 4) is 6.07 Å². The molecule has 2 heteroatoms. The molecule has 2 nitrogen and oxygen atoms in total. The molecule has 0 bridgehead atoms. The van der Waals surface area contributed by atoms with Crippen molar-refractivity contribution in [2.24, 2.45) is 11.8 Å². The van der Waals surface area contributed by atoms with Gasteiger partial charge in [-0.3, -0.25) is 4.90 Å². The van der Waals surface area contributed by atoms with Crippen LogP contribution in [-0.4, -0.2) is 24.0 Å². The van der Waals surface area contributed by atoms with Gasteiger partial charge in [-0.15, -0.1) is 0 Å². The van der Waals surface area contributed by atoms with Crippen LogP contribution in [-0.2, 0) is 0 Å². The van der Waals surface area contributed by atoms with Gasteiger partial charge < -0.3 is 0 Å². The summed E-state index contributed by atoms with van der Waals surface area (Å²) in [7, 11) is 0. The van der Waals surface area contributed by atoms with Crippen LogP contribution in [0.3, 0.4) is 0 Å². The van der Waals surface area contributed by atoms with Gasteiger partial charge in [-0.25, -0.2) is 0 Å². The summed E-state index contributed by atoms with van der Waals surface area (Å²) in [5.74, 6) is 1.83. The van der Waals surface area contributed by atoms with Gasteiger partial charge in [-0.2, -0.15) is 5.26 Å². The average Bonchev–Trinajstić information content (AvgIpc) is 2.29. The standard InChI is InChI=1S/C13H22N2/c1-11-7-10-15(9-4-8-14)13-6-3-2-5-12(11)13/h11-13H,2-7,9-10H2,1H3. The number of nitriles is 1. The molecule has 0 aromatic heterocycles. The van der Waals surface area contributed by atoms with Gasteiger partial charge in [0.1, 0.15) is 0 Å². The van der Waals surface area contributed by atoms with Crippen LogP contribution in [0.15, 0.2) is 0 Å². The molecule has 0 aromatic carbocycles. The number of likely N-dealkylation sites (tertiary alicyclic amines) is 1. The zero-order valence-electron chi connectivity index (χ0n) is 9.78. The molecule has 0 N–H and O–H groups in total. The van der Waals surface area contributed by atoms with Crippen molar-refractivity contribution in [2.75, 3.05) is 13.1 Å². The molecule has 15 heavy (non-hydrogen) atoms. The highest BCUT2D eigenvalue weighted by molar-refractivity contribution is 4.91. The number of fused-ring (bicyclic) bond motifs is 1. The van der Waals surface area contributed by atoms with E-state index in [0.717, 1.165) is 24.4 Å². The van der Waals surface area contributed by atoms with Crippen LogP contribution in [0.2, 0.25) is 0 Å². The third kappa shape index (κ3) is 2.34. The van der Waals surface area contributed by atoms with E-state index in [1.54, 1.807) is 0 Å². The summed E-state index contributed by atoms with van der Waals surface area (Å²) in [6.45, 7) is 4.65. The maximum Gasteiger partial charge on any atom is 0.0635 e. The lowest BCUT2D eigenvalue weighted by Gasteiger charge is -2.47. The monoisotopic (exact) mass is 206 g/mol. The first-order chi connectivity index (χ1) is 7.33. The first kappa shape index (κ1) is 11.0. The van der Waals surface area contributed by atoms with E-state index in [2.05, 4.69) is 17.9 Å². The van der Waals surface area contributed by atoms with Crippen molar-refractivity contribution < 1.29 is 0 Å². The largest absolute Gasteiger partial charge is 0.299 e. The highest BCUT2D eigenvalue weighted by Gasteiger charge is 2.36. The fraction of sp³-hybridized carbons (Fsp3) is 0.923. The molecule has 0 spiro atoms. The molecule has 0 aromatic rings. The van der Waals surface area contributed by atoms with Crippen LogP contribution in [0.1, 0.15) is 45.4 Å². The Morgan fingerprint density at radius 1 is 1.27 bits per heavy atom. The molecule has 1 heterocycles. The second-order valence-electron chi connectivity index (χ2n) is 5.23. The van der Waals surface area contributed by atoms with Gasteiger partial charge in [0, 0.05) is 19.0 Å². The van der Waals surface area contributed by atoms with Gasteiger partial charge in [0.25, 0.3) is 0 Å². The highest BCUT2D eigenvalue weighted by atomic mass is 15.2. The minimum atomic E-state index is 0.706. The van der Waals surface area contributed by atoms with Crippen molar-refractivity contribution in [1.82, 2.24) is 4.90 Å². The number of nitrogens with zero attached hydrogens (tertiary/aromatic N) is 2. The van der Waals surface area contributed by atoms with Crippen LogP contribution >= 0.6 is 0 Å². The second-order valence-corrected chi connectivity index (χ2v) is 5.23. The molecule has 3 unspecified atom stereocenters. The summed E-state index contributed by atoms with van der Waals surface area (Å²) in [5, 5.41) is 8.67. The lowest BCUT2D eigenvalue weighted by Crippen LogP contribution is -2.50. The lowest BCUT2D eigenvalue weighted by atomic mass is 9.72. The summed E-state index contributed by atoms with van der Waals surface area (Å²) in [5.41, 5.74) is 0. The van der Waals surface area contributed by atoms with E-state index in [9.17, 15) is 0 Å². The predicted octanol–water partition coefficient (Wildman–Crippen LogP) is 2.80. The SMILES string of the molecule is CC1CCN(CCC#N)C2CCCCC12. The number of rotatable bonds is 2. The number of hydrogen-bond donors (Lipinski definition) is 0. The smallest absolute Gasteiger partial charge is 0.0635 e. The number of hydrogen-bond acceptors (Lipinski definition) is 2. The first-order valence-electron chi connectivity index (χ1n) is 6.44. The van der Waals surface area contributed by atoms with Crippen molar-refractivity contribution in [1.29, 1.82) is 5.26 Å². The maximum absolute atomic E-state index is 8.67. The molecule has 2 fully saturated rings. The van der Waals surface area contributed by atoms with Crippen molar-refractivity contribution >= 4 is 0 Å². The van der Waals surface area contributed by atoms with Crippen LogP contribution < -0.4 is 0 Å². The summed E-state index contributed by atoms with van der Waals surface area (Å²) >= 11 is 0. The molecule has 1 saturated heterocycles. The molecule has 1 aliphatic heterocycles. The molecule has 0 amide bonds. The van der Waals surface area contributed by atoms with E-state index in [0.29, 0.717) is 6.42 Å². The van der Waals surface area contributed by atoms with Crippen molar-refractivity contribution in [3.63, 3.8) is 0 Å². The van der Waals surface area contributed by atoms with Gasteiger partial charge in [-0.1, -0.05) is 19.8 Å². The van der Waals surface area contributed by atoms with Crippen LogP contribution in [0.4, 0.5) is 0 Å². The van der Waals surface area contributed by atoms with E-state index in [1.165, 1.54) is 38.6 Å². The van der Waals surface area contributed by atoms with Crippen molar-refractivity contribution in [2.45, 2.75) is 51.5 Å². The molecule has 1 aliphatic carbocycles. The highest BCUT2D eigenvalue weighted by Crippen LogP contribution is 2.38. The Labute approximate surface area is 93.3 Å². The Bertz CT molecular complexity index is 243. The topological polar surface area (TPSA) is 27.0 Å². The molecule has 2 rings (SSSR count). The zero-order chi connectivity index (χ0) is 10.7. The fourth-order valence-corrected chi connectivity index (χ4v) is 3.48. The van der Waals surface area contributed by atoms with Crippen LogP contribution in [0.5, 0.6) is 0 Å². The molecule has 2 aliphatic rings. The minimum Gasteiger partial charge on any atom is -0.299 e. The van der Waals surface area contributed by atoms with Gasteiger partial charge >= 0.3 is 0 Å². The molecular formula is C13H22N2. The number of piperidine rings is 1. The molecular weight excluding hydrogens is 184 g/mol. The van der Waals surface area contributed by atoms with Gasteiger partial charge in [0.15, 0.2) is 0 Å². The first-order valence-corrected chi connectivity index (χ1v) is 6.44. The quantitative estimate of drug-likeness (QED) is 0.694. The zero-order valence-corrected chi connectivity index (χ0v) is 9.78. The molecule has 3 atom stereocenters. The Morgan fingerprint density at radius 2 is 2.07 bits per heavy atom. The Hall–Kier alpha value is -0.550. The van der Waals surface area contributed by atoms with Gasteiger partial charge in [-0.05, 0) is 37.6 Å². The predicted molar refractivity (Wildman–Crippen MR) is 61.3 cm³/mol. The second kappa shape index (κ2) is 4.99. The third-order valence-electron chi connectivity index (χ3n) is 4.36. The Kier molecular flexibility index (Phi) is 3.64. The summed E-state index contributed by atoms with van der Waals surface area (Å²) < 4.78 is 0. The molecule has 84 valence electrons. The summed E-state index contributed by atoms with van der Waals surface area (Å²) in [4.78, 5) is 2.59. The minimum absolute atomic E-state index is 0.706. The normalized spacial score (nSPS) is 36.9. The van der Waals surface area contributed by atoms with Crippen LogP contribution in [0.25, 0.3) is 0 Å².